The summed E-state index contributed by atoms with van der Waals surface area (Å²) in [5.74, 6) is -0.953. The number of benzene rings is 3. The van der Waals surface area contributed by atoms with Crippen LogP contribution in [0.1, 0.15) is 27.7 Å². The van der Waals surface area contributed by atoms with Crippen LogP contribution in [0.4, 0.5) is 11.4 Å². The average molecular weight is 387 g/mol. The molecule has 0 aromatic heterocycles. The van der Waals surface area contributed by atoms with Crippen molar-refractivity contribution in [2.24, 2.45) is 0 Å². The SMILES string of the molecule is Cc1cccc(N2C(=O)c3ccccc3N[C@H]2c2ccc(OCC(=O)[O-])cc2)c1. The molecule has 1 aliphatic heterocycles. The van der Waals surface area contributed by atoms with Crippen molar-refractivity contribution in [3.63, 3.8) is 0 Å². The number of para-hydroxylation sites is 1. The highest BCUT2D eigenvalue weighted by Crippen LogP contribution is 2.37. The molecule has 1 aliphatic rings. The number of hydrogen-bond acceptors (Lipinski definition) is 5. The molecular formula is C23H19N2O4-. The molecule has 0 fully saturated rings. The summed E-state index contributed by atoms with van der Waals surface area (Å²) in [5.41, 5.74) is 4.07. The lowest BCUT2D eigenvalue weighted by Crippen LogP contribution is -2.43. The second kappa shape index (κ2) is 7.67. The minimum absolute atomic E-state index is 0.0905. The number of nitrogens with zero attached hydrogens (tertiary/aromatic N) is 1. The van der Waals surface area contributed by atoms with Gasteiger partial charge < -0.3 is 20.0 Å². The van der Waals surface area contributed by atoms with Gasteiger partial charge in [-0.25, -0.2) is 0 Å². The van der Waals surface area contributed by atoms with Crippen molar-refractivity contribution in [3.8, 4) is 5.75 Å². The summed E-state index contributed by atoms with van der Waals surface area (Å²) in [4.78, 5) is 25.7. The highest BCUT2D eigenvalue weighted by atomic mass is 16.5. The number of nitrogens with one attached hydrogen (secondary N) is 1. The predicted molar refractivity (Wildman–Crippen MR) is 108 cm³/mol. The Morgan fingerprint density at radius 2 is 1.83 bits per heavy atom. The molecule has 146 valence electrons. The van der Waals surface area contributed by atoms with Crippen molar-refractivity contribution < 1.29 is 19.4 Å². The first kappa shape index (κ1) is 18.6. The maximum Gasteiger partial charge on any atom is 0.262 e. The highest BCUT2D eigenvalue weighted by molar-refractivity contribution is 6.12. The van der Waals surface area contributed by atoms with Crippen molar-refractivity contribution in [1.82, 2.24) is 0 Å². The summed E-state index contributed by atoms with van der Waals surface area (Å²) in [5, 5.41) is 14.0. The molecule has 4 rings (SSSR count). The molecule has 6 heteroatoms. The Morgan fingerprint density at radius 3 is 2.55 bits per heavy atom. The summed E-state index contributed by atoms with van der Waals surface area (Å²) in [6, 6.07) is 22.2. The standard InChI is InChI=1S/C23H20N2O4/c1-15-5-4-6-17(13-15)25-22(24-20-8-3-2-7-19(20)23(25)28)16-9-11-18(12-10-16)29-14-21(26)27/h2-13,22,24H,14H2,1H3,(H,26,27)/p-1/t22-/m1/s1. The van der Waals surface area contributed by atoms with Crippen LogP contribution in [0.2, 0.25) is 0 Å². The highest BCUT2D eigenvalue weighted by Gasteiger charge is 2.33. The van der Waals surface area contributed by atoms with E-state index in [2.05, 4.69) is 5.32 Å². The molecule has 0 spiro atoms. The van der Waals surface area contributed by atoms with Gasteiger partial charge in [0.15, 0.2) is 0 Å². The van der Waals surface area contributed by atoms with E-state index in [1.54, 1.807) is 23.1 Å². The maximum absolute atomic E-state index is 13.3. The van der Waals surface area contributed by atoms with Crippen molar-refractivity contribution in [2.75, 3.05) is 16.8 Å². The number of carbonyl (C=O) groups excluding carboxylic acids is 2. The van der Waals surface area contributed by atoms with Gasteiger partial charge in [0.2, 0.25) is 0 Å². The fraction of sp³-hybridized carbons (Fsp3) is 0.130. The van der Waals surface area contributed by atoms with Crippen molar-refractivity contribution in [2.45, 2.75) is 13.1 Å². The van der Waals surface area contributed by atoms with Crippen molar-refractivity contribution in [3.05, 3.63) is 89.5 Å². The van der Waals surface area contributed by atoms with Crippen LogP contribution in [-0.2, 0) is 4.79 Å². The molecule has 0 saturated carbocycles. The van der Waals surface area contributed by atoms with Gasteiger partial charge in [0.05, 0.1) is 11.5 Å². The van der Waals surface area contributed by atoms with E-state index in [4.69, 9.17) is 4.74 Å². The number of rotatable bonds is 5. The molecule has 29 heavy (non-hydrogen) atoms. The largest absolute Gasteiger partial charge is 0.546 e. The zero-order valence-electron chi connectivity index (χ0n) is 15.8. The second-order valence-corrected chi connectivity index (χ2v) is 6.84. The van der Waals surface area contributed by atoms with Crippen LogP contribution in [0.5, 0.6) is 5.75 Å². The van der Waals surface area contributed by atoms with Crippen molar-refractivity contribution >= 4 is 23.3 Å². The summed E-state index contributed by atoms with van der Waals surface area (Å²) in [6.07, 6.45) is -0.422. The quantitative estimate of drug-likeness (QED) is 0.728. The minimum Gasteiger partial charge on any atom is -0.546 e. The number of aryl methyl sites for hydroxylation is 1. The first-order valence-electron chi connectivity index (χ1n) is 9.21. The van der Waals surface area contributed by atoms with E-state index in [0.717, 1.165) is 22.5 Å². The van der Waals surface area contributed by atoms with Crippen LogP contribution >= 0.6 is 0 Å². The molecule has 6 nitrogen and oxygen atoms in total. The fourth-order valence-corrected chi connectivity index (χ4v) is 3.42. The van der Waals surface area contributed by atoms with E-state index in [9.17, 15) is 14.7 Å². The maximum atomic E-state index is 13.3. The van der Waals surface area contributed by atoms with E-state index in [1.165, 1.54) is 0 Å². The second-order valence-electron chi connectivity index (χ2n) is 6.84. The van der Waals surface area contributed by atoms with Crippen LogP contribution in [0, 0.1) is 6.92 Å². The molecule has 0 radical (unpaired) electrons. The predicted octanol–water partition coefficient (Wildman–Crippen LogP) is 2.89. The number of amides is 1. The fourth-order valence-electron chi connectivity index (χ4n) is 3.42. The number of aliphatic carboxylic acids is 1. The van der Waals surface area contributed by atoms with Gasteiger partial charge in [0.1, 0.15) is 18.5 Å². The third-order valence-electron chi connectivity index (χ3n) is 4.76. The summed E-state index contributed by atoms with van der Waals surface area (Å²) in [6.45, 7) is 1.47. The monoisotopic (exact) mass is 387 g/mol. The van der Waals surface area contributed by atoms with Gasteiger partial charge in [0, 0.05) is 11.4 Å². The van der Waals surface area contributed by atoms with Gasteiger partial charge in [-0.2, -0.15) is 0 Å². The van der Waals surface area contributed by atoms with Gasteiger partial charge >= 0.3 is 0 Å². The molecule has 0 saturated heterocycles. The smallest absolute Gasteiger partial charge is 0.262 e. The number of carbonyl (C=O) groups is 2. The summed E-state index contributed by atoms with van der Waals surface area (Å²) >= 11 is 0. The number of hydrogen-bond donors (Lipinski definition) is 1. The Kier molecular flexibility index (Phi) is 4.91. The zero-order chi connectivity index (χ0) is 20.4. The van der Waals surface area contributed by atoms with Crippen molar-refractivity contribution in [1.29, 1.82) is 0 Å². The van der Waals surface area contributed by atoms with E-state index < -0.39 is 18.7 Å². The third kappa shape index (κ3) is 3.78. The lowest BCUT2D eigenvalue weighted by Gasteiger charge is -2.38. The van der Waals surface area contributed by atoms with Gasteiger partial charge in [-0.1, -0.05) is 36.4 Å². The van der Waals surface area contributed by atoms with Crippen LogP contribution in [-0.4, -0.2) is 18.5 Å². The Hall–Kier alpha value is -3.80. The number of carboxylic acid groups (broad SMARTS) is 1. The molecule has 3 aromatic rings. The Morgan fingerprint density at radius 1 is 1.07 bits per heavy atom. The Labute approximate surface area is 168 Å². The van der Waals surface area contributed by atoms with E-state index in [0.29, 0.717) is 11.3 Å². The van der Waals surface area contributed by atoms with Gasteiger partial charge in [-0.3, -0.25) is 9.69 Å². The van der Waals surface area contributed by atoms with E-state index in [-0.39, 0.29) is 5.91 Å². The first-order chi connectivity index (χ1) is 14.0. The first-order valence-corrected chi connectivity index (χ1v) is 9.21. The number of anilines is 2. The van der Waals surface area contributed by atoms with Gasteiger partial charge in [-0.05, 0) is 54.4 Å². The molecule has 1 heterocycles. The molecule has 3 aromatic carbocycles. The van der Waals surface area contributed by atoms with Crippen LogP contribution < -0.4 is 20.1 Å². The summed E-state index contributed by atoms with van der Waals surface area (Å²) in [7, 11) is 0. The topological polar surface area (TPSA) is 81.7 Å². The van der Waals surface area contributed by atoms with Gasteiger partial charge in [-0.15, -0.1) is 0 Å². The number of carboxylic acids is 1. The van der Waals surface area contributed by atoms with E-state index in [1.807, 2.05) is 61.5 Å². The van der Waals surface area contributed by atoms with Gasteiger partial charge in [0.25, 0.3) is 5.91 Å². The lowest BCUT2D eigenvalue weighted by molar-refractivity contribution is -0.307. The molecule has 1 N–H and O–H groups in total. The molecule has 0 bridgehead atoms. The molecule has 0 aliphatic carbocycles. The van der Waals surface area contributed by atoms with Crippen LogP contribution in [0.25, 0.3) is 0 Å². The Bertz CT molecular complexity index is 1060. The normalized spacial score (nSPS) is 15.4. The average Bonchev–Trinajstić information content (AvgIpc) is 2.72. The molecular weight excluding hydrogens is 368 g/mol. The molecule has 0 unspecified atom stereocenters. The minimum atomic E-state index is -1.28. The number of fused-ring (bicyclic) bond motifs is 1. The molecule has 1 amide bonds. The van der Waals surface area contributed by atoms with E-state index >= 15 is 0 Å². The lowest BCUT2D eigenvalue weighted by atomic mass is 10.0. The zero-order valence-corrected chi connectivity index (χ0v) is 15.8. The third-order valence-corrected chi connectivity index (χ3v) is 4.76. The number of ether oxygens (including phenoxy) is 1. The van der Waals surface area contributed by atoms with Crippen LogP contribution in [0.15, 0.2) is 72.8 Å². The summed E-state index contributed by atoms with van der Waals surface area (Å²) < 4.78 is 5.15. The molecule has 1 atom stereocenters. The Balaban J connectivity index is 1.73. The van der Waals surface area contributed by atoms with Crippen LogP contribution in [0.3, 0.4) is 0 Å².